The van der Waals surface area contributed by atoms with Gasteiger partial charge in [-0.3, -0.25) is 0 Å². The van der Waals surface area contributed by atoms with Crippen LogP contribution in [0, 0.1) is 11.1 Å². The first kappa shape index (κ1) is 4.62. The maximum atomic E-state index is 10.3. The predicted octanol–water partition coefficient (Wildman–Crippen LogP) is 0.607. The molecule has 1 aliphatic heterocycles. The van der Waals surface area contributed by atoms with Crippen molar-refractivity contribution in [3.63, 3.8) is 0 Å². The van der Waals surface area contributed by atoms with E-state index in [0.29, 0.717) is 12.5 Å². The van der Waals surface area contributed by atoms with Crippen LogP contribution in [0.15, 0.2) is 0 Å². The molecule has 0 aliphatic carbocycles. The maximum Gasteiger partial charge on any atom is 0.154 e. The van der Waals surface area contributed by atoms with Crippen molar-refractivity contribution in [1.82, 2.24) is 0 Å². The van der Waals surface area contributed by atoms with E-state index < -0.39 is 0 Å². The lowest BCUT2D eigenvalue weighted by atomic mass is 10.2. The van der Waals surface area contributed by atoms with Crippen LogP contribution < -0.4 is 0 Å². The summed E-state index contributed by atoms with van der Waals surface area (Å²) in [7, 11) is 0. The highest BCUT2D eigenvalue weighted by molar-refractivity contribution is 5.55. The van der Waals surface area contributed by atoms with Crippen molar-refractivity contribution in [2.45, 2.75) is 13.3 Å². The number of nitrogens with zero attached hydrogens (tertiary/aromatic N) is 1. The average molecular weight is 99.1 g/mol. The molecule has 0 N–H and O–H groups in total. The summed E-state index contributed by atoms with van der Waals surface area (Å²) in [5, 5.41) is 10.3. The van der Waals surface area contributed by atoms with Crippen molar-refractivity contribution in [3.8, 4) is 0 Å². The lowest BCUT2D eigenvalue weighted by Crippen LogP contribution is -1.94. The van der Waals surface area contributed by atoms with Crippen LogP contribution in [0.2, 0.25) is 0 Å². The van der Waals surface area contributed by atoms with Gasteiger partial charge in [0.05, 0.1) is 0 Å². The van der Waals surface area contributed by atoms with E-state index in [2.05, 4.69) is 6.92 Å². The number of hydrogen-bond acceptors (Lipinski definition) is 1. The molecule has 0 spiro atoms. The van der Waals surface area contributed by atoms with Gasteiger partial charge in [-0.25, -0.2) is 4.74 Å². The molecule has 1 aliphatic rings. The molecule has 0 aromatic heterocycles. The fraction of sp³-hybridized carbons (Fsp3) is 0.800. The summed E-state index contributed by atoms with van der Waals surface area (Å²) in [5.74, 6) is 0.512. The Labute approximate surface area is 43.0 Å². The topological polar surface area (TPSA) is 26.1 Å². The van der Waals surface area contributed by atoms with Crippen molar-refractivity contribution >= 4 is 6.21 Å². The van der Waals surface area contributed by atoms with Crippen LogP contribution in [-0.4, -0.2) is 17.5 Å². The summed E-state index contributed by atoms with van der Waals surface area (Å²) in [6.45, 7) is 2.75. The number of hydroxylamine groups is 1. The molecular weight excluding hydrogens is 90.1 g/mol. The quantitative estimate of drug-likeness (QED) is 0.322. The fourth-order valence-electron chi connectivity index (χ4n) is 0.764. The van der Waals surface area contributed by atoms with Gasteiger partial charge in [0.15, 0.2) is 12.8 Å². The van der Waals surface area contributed by atoms with E-state index in [9.17, 15) is 5.21 Å². The molecule has 0 aromatic rings. The highest BCUT2D eigenvalue weighted by Gasteiger charge is 2.11. The Hall–Kier alpha value is -0.530. The van der Waals surface area contributed by atoms with Gasteiger partial charge >= 0.3 is 0 Å². The van der Waals surface area contributed by atoms with E-state index in [4.69, 9.17) is 0 Å². The molecule has 2 heteroatoms. The minimum absolute atomic E-state index is 0.512. The smallest absolute Gasteiger partial charge is 0.154 e. The molecule has 0 radical (unpaired) electrons. The van der Waals surface area contributed by atoms with Gasteiger partial charge < -0.3 is 5.21 Å². The van der Waals surface area contributed by atoms with Gasteiger partial charge in [-0.1, -0.05) is 6.92 Å². The molecule has 1 rings (SSSR count). The summed E-state index contributed by atoms with van der Waals surface area (Å²) in [4.78, 5) is 0. The van der Waals surface area contributed by atoms with Crippen molar-refractivity contribution < 1.29 is 4.74 Å². The Morgan fingerprint density at radius 2 is 2.57 bits per heavy atom. The minimum Gasteiger partial charge on any atom is -0.624 e. The van der Waals surface area contributed by atoms with E-state index in [1.165, 1.54) is 0 Å². The second-order valence-electron chi connectivity index (χ2n) is 2.06. The van der Waals surface area contributed by atoms with Gasteiger partial charge in [-0.15, -0.1) is 0 Å². The number of hydrogen-bond donors (Lipinski definition) is 0. The zero-order valence-electron chi connectivity index (χ0n) is 4.42. The van der Waals surface area contributed by atoms with Crippen molar-refractivity contribution in [3.05, 3.63) is 5.21 Å². The van der Waals surface area contributed by atoms with Gasteiger partial charge in [0.1, 0.15) is 0 Å². The number of rotatable bonds is 0. The molecule has 7 heavy (non-hydrogen) atoms. The monoisotopic (exact) mass is 99.1 g/mol. The third-order valence-electron chi connectivity index (χ3n) is 1.23. The van der Waals surface area contributed by atoms with Crippen LogP contribution >= 0.6 is 0 Å². The van der Waals surface area contributed by atoms with Crippen LogP contribution in [0.5, 0.6) is 0 Å². The van der Waals surface area contributed by atoms with E-state index >= 15 is 0 Å². The van der Waals surface area contributed by atoms with E-state index in [1.54, 1.807) is 6.21 Å². The van der Waals surface area contributed by atoms with Crippen LogP contribution in [0.1, 0.15) is 13.3 Å². The maximum absolute atomic E-state index is 10.3. The zero-order chi connectivity index (χ0) is 5.28. The van der Waals surface area contributed by atoms with Crippen molar-refractivity contribution in [1.29, 1.82) is 0 Å². The first-order valence-electron chi connectivity index (χ1n) is 2.58. The Morgan fingerprint density at radius 1 is 1.86 bits per heavy atom. The second-order valence-corrected chi connectivity index (χ2v) is 2.06. The third kappa shape index (κ3) is 0.918. The molecule has 2 nitrogen and oxygen atoms in total. The molecule has 0 aromatic carbocycles. The van der Waals surface area contributed by atoms with Crippen LogP contribution in [0.3, 0.4) is 0 Å². The molecule has 0 bridgehead atoms. The SMILES string of the molecule is CC1C=[N+]([O-])CC1. The Morgan fingerprint density at radius 3 is 2.71 bits per heavy atom. The standard InChI is InChI=1S/C5H9NO/c1-5-2-3-6(7)4-5/h4-5H,2-3H2,1H3. The van der Waals surface area contributed by atoms with Crippen LogP contribution in [-0.2, 0) is 0 Å². The molecule has 1 heterocycles. The van der Waals surface area contributed by atoms with Crippen molar-refractivity contribution in [2.75, 3.05) is 6.54 Å². The molecular formula is C5H9NO. The largest absolute Gasteiger partial charge is 0.624 e. The predicted molar refractivity (Wildman–Crippen MR) is 28.3 cm³/mol. The van der Waals surface area contributed by atoms with Gasteiger partial charge in [0.2, 0.25) is 0 Å². The Kier molecular flexibility index (Phi) is 1.01. The molecule has 0 amide bonds. The van der Waals surface area contributed by atoms with Gasteiger partial charge in [-0.2, -0.15) is 0 Å². The summed E-state index contributed by atoms with van der Waals surface area (Å²) < 4.78 is 1.00. The molecule has 0 saturated heterocycles. The first-order valence-corrected chi connectivity index (χ1v) is 2.58. The highest BCUT2D eigenvalue weighted by Crippen LogP contribution is 2.03. The molecule has 1 atom stereocenters. The summed E-state index contributed by atoms with van der Waals surface area (Å²) in [5.41, 5.74) is 0. The minimum atomic E-state index is 0.512. The van der Waals surface area contributed by atoms with Crippen LogP contribution in [0.4, 0.5) is 0 Å². The third-order valence-corrected chi connectivity index (χ3v) is 1.23. The zero-order valence-corrected chi connectivity index (χ0v) is 4.42. The van der Waals surface area contributed by atoms with E-state index in [-0.39, 0.29) is 0 Å². The molecule has 0 fully saturated rings. The Bertz CT molecular complexity index is 98.3. The summed E-state index contributed by atoms with van der Waals surface area (Å²) >= 11 is 0. The Balaban J connectivity index is 2.50. The molecule has 1 unspecified atom stereocenters. The normalized spacial score (nSPS) is 30.4. The second kappa shape index (κ2) is 1.52. The first-order chi connectivity index (χ1) is 3.29. The molecule has 0 saturated carbocycles. The average Bonchev–Trinajstić information content (AvgIpc) is 1.87. The van der Waals surface area contributed by atoms with E-state index in [1.807, 2.05) is 0 Å². The lowest BCUT2D eigenvalue weighted by Gasteiger charge is -1.90. The summed E-state index contributed by atoms with van der Waals surface area (Å²) in [6.07, 6.45) is 2.75. The summed E-state index contributed by atoms with van der Waals surface area (Å²) in [6, 6.07) is 0. The lowest BCUT2D eigenvalue weighted by molar-refractivity contribution is -0.443. The van der Waals surface area contributed by atoms with E-state index in [0.717, 1.165) is 11.2 Å². The van der Waals surface area contributed by atoms with Gasteiger partial charge in [0, 0.05) is 12.3 Å². The fourth-order valence-corrected chi connectivity index (χ4v) is 0.764. The highest BCUT2D eigenvalue weighted by atomic mass is 16.5. The van der Waals surface area contributed by atoms with Gasteiger partial charge in [-0.05, 0) is 0 Å². The van der Waals surface area contributed by atoms with Crippen molar-refractivity contribution in [2.24, 2.45) is 5.92 Å². The van der Waals surface area contributed by atoms with Crippen LogP contribution in [0.25, 0.3) is 0 Å². The van der Waals surface area contributed by atoms with Gasteiger partial charge in [0.25, 0.3) is 0 Å². The molecule has 40 valence electrons.